The minimum Gasteiger partial charge on any atom is -0.402 e. The molecule has 1 heterocycles. The van der Waals surface area contributed by atoms with Crippen molar-refractivity contribution in [2.75, 3.05) is 0 Å². The number of cyclic esters (lactones) is 1. The fourth-order valence-corrected chi connectivity index (χ4v) is 2.15. The highest BCUT2D eigenvalue weighted by molar-refractivity contribution is 6.31. The van der Waals surface area contributed by atoms with Gasteiger partial charge in [0, 0.05) is 22.2 Å². The zero-order chi connectivity index (χ0) is 15.5. The molecule has 2 aromatic rings. The van der Waals surface area contributed by atoms with Crippen LogP contribution in [0.15, 0.2) is 71.4 Å². The molecule has 108 valence electrons. The first-order valence-electron chi connectivity index (χ1n) is 6.51. The van der Waals surface area contributed by atoms with Gasteiger partial charge in [0.15, 0.2) is 11.5 Å². The van der Waals surface area contributed by atoms with E-state index in [1.165, 1.54) is 6.07 Å². The van der Waals surface area contributed by atoms with Gasteiger partial charge in [-0.25, -0.2) is 9.79 Å². The molecule has 0 atom stereocenters. The first kappa shape index (κ1) is 14.2. The van der Waals surface area contributed by atoms with Gasteiger partial charge in [0.25, 0.3) is 0 Å². The molecule has 0 amide bonds. The Hall–Kier alpha value is -2.72. The number of ether oxygens (including phenoxy) is 1. The SMILES string of the molecule is O=C1OC(c2ccccc2)=NC1=CC(=O)c1cccc(Cl)c1. The van der Waals surface area contributed by atoms with Gasteiger partial charge in [-0.2, -0.15) is 0 Å². The van der Waals surface area contributed by atoms with Gasteiger partial charge in [0.2, 0.25) is 5.90 Å². The maximum absolute atomic E-state index is 12.1. The Morgan fingerprint density at radius 1 is 1.09 bits per heavy atom. The summed E-state index contributed by atoms with van der Waals surface area (Å²) in [5, 5.41) is 0.451. The van der Waals surface area contributed by atoms with E-state index in [2.05, 4.69) is 4.99 Å². The van der Waals surface area contributed by atoms with Gasteiger partial charge in [-0.1, -0.05) is 41.9 Å². The second kappa shape index (κ2) is 5.95. The summed E-state index contributed by atoms with van der Waals surface area (Å²) < 4.78 is 5.08. The average molecular weight is 312 g/mol. The van der Waals surface area contributed by atoms with E-state index in [1.807, 2.05) is 18.2 Å². The van der Waals surface area contributed by atoms with Crippen LogP contribution in [-0.2, 0) is 9.53 Å². The normalized spacial score (nSPS) is 15.6. The molecular weight excluding hydrogens is 302 g/mol. The van der Waals surface area contributed by atoms with Crippen LogP contribution >= 0.6 is 11.6 Å². The number of nitrogens with zero attached hydrogens (tertiary/aromatic N) is 1. The van der Waals surface area contributed by atoms with E-state index < -0.39 is 5.97 Å². The van der Waals surface area contributed by atoms with Crippen LogP contribution in [0.1, 0.15) is 15.9 Å². The number of ketones is 1. The molecule has 0 saturated carbocycles. The van der Waals surface area contributed by atoms with Gasteiger partial charge >= 0.3 is 5.97 Å². The minimum absolute atomic E-state index is 0.0242. The zero-order valence-corrected chi connectivity index (χ0v) is 12.1. The summed E-state index contributed by atoms with van der Waals surface area (Å²) in [5.74, 6) is -0.808. The van der Waals surface area contributed by atoms with Crippen LogP contribution in [0.5, 0.6) is 0 Å². The molecule has 0 unspecified atom stereocenters. The Morgan fingerprint density at radius 2 is 1.86 bits per heavy atom. The van der Waals surface area contributed by atoms with E-state index in [1.54, 1.807) is 30.3 Å². The Morgan fingerprint density at radius 3 is 2.59 bits per heavy atom. The van der Waals surface area contributed by atoms with Crippen molar-refractivity contribution in [3.8, 4) is 0 Å². The predicted molar refractivity (Wildman–Crippen MR) is 82.9 cm³/mol. The van der Waals surface area contributed by atoms with E-state index in [-0.39, 0.29) is 17.4 Å². The van der Waals surface area contributed by atoms with Crippen LogP contribution in [0.4, 0.5) is 0 Å². The number of aliphatic imine (C=N–C) groups is 1. The number of carbonyl (C=O) groups excluding carboxylic acids is 2. The Kier molecular flexibility index (Phi) is 3.85. The number of rotatable bonds is 3. The summed E-state index contributed by atoms with van der Waals surface area (Å²) in [7, 11) is 0. The molecule has 1 aliphatic heterocycles. The molecule has 0 N–H and O–H groups in total. The molecule has 0 aromatic heterocycles. The van der Waals surface area contributed by atoms with Crippen LogP contribution in [-0.4, -0.2) is 17.7 Å². The number of hydrogen-bond acceptors (Lipinski definition) is 4. The fourth-order valence-electron chi connectivity index (χ4n) is 1.96. The third-order valence-corrected chi connectivity index (χ3v) is 3.25. The largest absolute Gasteiger partial charge is 0.402 e. The zero-order valence-electron chi connectivity index (χ0n) is 11.3. The highest BCUT2D eigenvalue weighted by Crippen LogP contribution is 2.18. The van der Waals surface area contributed by atoms with Crippen molar-refractivity contribution in [2.24, 2.45) is 4.99 Å². The smallest absolute Gasteiger partial charge is 0.363 e. The highest BCUT2D eigenvalue weighted by atomic mass is 35.5. The van der Waals surface area contributed by atoms with Crippen LogP contribution in [0.2, 0.25) is 5.02 Å². The lowest BCUT2D eigenvalue weighted by molar-refractivity contribution is -0.130. The standard InChI is InChI=1S/C17H10ClNO3/c18-13-8-4-7-12(9-13)15(20)10-14-17(21)22-16(19-14)11-5-2-1-3-6-11/h1-10H. The first-order valence-corrected chi connectivity index (χ1v) is 6.89. The average Bonchev–Trinajstić information content (AvgIpc) is 2.89. The molecule has 5 heteroatoms. The number of carbonyl (C=O) groups is 2. The van der Waals surface area contributed by atoms with E-state index in [9.17, 15) is 9.59 Å². The first-order chi connectivity index (χ1) is 10.6. The summed E-state index contributed by atoms with van der Waals surface area (Å²) in [6.07, 6.45) is 1.16. The Bertz CT molecular complexity index is 810. The maximum Gasteiger partial charge on any atom is 0.363 e. The quantitative estimate of drug-likeness (QED) is 0.496. The van der Waals surface area contributed by atoms with Crippen molar-refractivity contribution >= 4 is 29.3 Å². The molecule has 4 nitrogen and oxygen atoms in total. The van der Waals surface area contributed by atoms with Crippen LogP contribution in [0, 0.1) is 0 Å². The van der Waals surface area contributed by atoms with E-state index >= 15 is 0 Å². The third kappa shape index (κ3) is 2.97. The number of benzene rings is 2. The monoisotopic (exact) mass is 311 g/mol. The van der Waals surface area contributed by atoms with Crippen LogP contribution in [0.3, 0.4) is 0 Å². The van der Waals surface area contributed by atoms with Crippen molar-refractivity contribution in [1.82, 2.24) is 0 Å². The van der Waals surface area contributed by atoms with Crippen molar-refractivity contribution in [2.45, 2.75) is 0 Å². The minimum atomic E-state index is -0.644. The molecule has 3 rings (SSSR count). The van der Waals surface area contributed by atoms with Crippen LogP contribution in [0.25, 0.3) is 0 Å². The van der Waals surface area contributed by atoms with Gasteiger partial charge in [0.1, 0.15) is 0 Å². The van der Waals surface area contributed by atoms with Crippen LogP contribution < -0.4 is 0 Å². The lowest BCUT2D eigenvalue weighted by Crippen LogP contribution is -2.05. The lowest BCUT2D eigenvalue weighted by Gasteiger charge is -1.97. The highest BCUT2D eigenvalue weighted by Gasteiger charge is 2.25. The fraction of sp³-hybridized carbons (Fsp3) is 0. The van der Waals surface area contributed by atoms with Gasteiger partial charge in [-0.05, 0) is 24.3 Å². The molecule has 0 fully saturated rings. The number of hydrogen-bond donors (Lipinski definition) is 0. The topological polar surface area (TPSA) is 55.7 Å². The summed E-state index contributed by atoms with van der Waals surface area (Å²) in [4.78, 5) is 28.0. The van der Waals surface area contributed by atoms with E-state index in [0.717, 1.165) is 6.08 Å². The molecule has 0 radical (unpaired) electrons. The third-order valence-electron chi connectivity index (χ3n) is 3.02. The number of esters is 1. The van der Waals surface area contributed by atoms with Crippen molar-refractivity contribution < 1.29 is 14.3 Å². The molecule has 0 spiro atoms. The molecule has 0 saturated heterocycles. The van der Waals surface area contributed by atoms with Crippen molar-refractivity contribution in [1.29, 1.82) is 0 Å². The Labute approximate surface area is 131 Å². The molecular formula is C17H10ClNO3. The van der Waals surface area contributed by atoms with Crippen molar-refractivity contribution in [3.63, 3.8) is 0 Å². The second-order valence-electron chi connectivity index (χ2n) is 4.58. The van der Waals surface area contributed by atoms with Gasteiger partial charge < -0.3 is 4.74 Å². The molecule has 22 heavy (non-hydrogen) atoms. The molecule has 0 aliphatic carbocycles. The molecule has 1 aliphatic rings. The summed E-state index contributed by atoms with van der Waals surface area (Å²) in [6.45, 7) is 0. The van der Waals surface area contributed by atoms with Gasteiger partial charge in [-0.3, -0.25) is 4.79 Å². The van der Waals surface area contributed by atoms with Gasteiger partial charge in [0.05, 0.1) is 0 Å². The predicted octanol–water partition coefficient (Wildman–Crippen LogP) is 3.41. The lowest BCUT2D eigenvalue weighted by atomic mass is 10.1. The Balaban J connectivity index is 1.89. The number of allylic oxidation sites excluding steroid dienone is 1. The molecule has 2 aromatic carbocycles. The summed E-state index contributed by atoms with van der Waals surface area (Å²) in [6, 6.07) is 15.5. The molecule has 0 bridgehead atoms. The maximum atomic E-state index is 12.1. The number of halogens is 1. The summed E-state index contributed by atoms with van der Waals surface area (Å²) >= 11 is 5.85. The van der Waals surface area contributed by atoms with Crippen molar-refractivity contribution in [3.05, 3.63) is 82.5 Å². The van der Waals surface area contributed by atoms with E-state index in [4.69, 9.17) is 16.3 Å². The second-order valence-corrected chi connectivity index (χ2v) is 5.01. The van der Waals surface area contributed by atoms with Gasteiger partial charge in [-0.15, -0.1) is 0 Å². The van der Waals surface area contributed by atoms with E-state index in [0.29, 0.717) is 16.1 Å². The summed E-state index contributed by atoms with van der Waals surface area (Å²) in [5.41, 5.74) is 1.04.